The molecule has 0 saturated carbocycles. The van der Waals surface area contributed by atoms with Crippen molar-refractivity contribution in [2.75, 3.05) is 0 Å². The predicted octanol–water partition coefficient (Wildman–Crippen LogP) is 1.11. The van der Waals surface area contributed by atoms with Crippen LogP contribution in [-0.4, -0.2) is 27.6 Å². The summed E-state index contributed by atoms with van der Waals surface area (Å²) in [7, 11) is 0. The Morgan fingerprint density at radius 2 is 2.12 bits per heavy atom. The Hall–Kier alpha value is -1.76. The molecule has 2 heterocycles. The molecule has 0 fully saturated rings. The van der Waals surface area contributed by atoms with Crippen molar-refractivity contribution in [1.82, 2.24) is 4.98 Å². The van der Waals surface area contributed by atoms with Gasteiger partial charge in [0.05, 0.1) is 0 Å². The van der Waals surface area contributed by atoms with Gasteiger partial charge in [0.25, 0.3) is 0 Å². The normalized spacial score (nSPS) is 24.6. The van der Waals surface area contributed by atoms with Crippen LogP contribution in [0.15, 0.2) is 39.7 Å². The lowest BCUT2D eigenvalue weighted by Crippen LogP contribution is -2.36. The van der Waals surface area contributed by atoms with Crippen molar-refractivity contribution in [2.45, 2.75) is 10.9 Å². The molecule has 2 atom stereocenters. The summed E-state index contributed by atoms with van der Waals surface area (Å²) in [5, 5.41) is 15.4. The van der Waals surface area contributed by atoms with Gasteiger partial charge in [-0.25, -0.2) is 4.99 Å². The highest BCUT2D eigenvalue weighted by molar-refractivity contribution is 7.81. The summed E-state index contributed by atoms with van der Waals surface area (Å²) in [6.07, 6.45) is 4.32. The van der Waals surface area contributed by atoms with Crippen molar-refractivity contribution in [1.29, 1.82) is 0 Å². The van der Waals surface area contributed by atoms with Crippen LogP contribution in [0.3, 0.4) is 0 Å². The summed E-state index contributed by atoms with van der Waals surface area (Å²) >= 11 is 4.03. The molecule has 1 aromatic heterocycles. The van der Waals surface area contributed by atoms with Crippen LogP contribution < -0.4 is 0 Å². The van der Waals surface area contributed by atoms with Crippen LogP contribution in [0.1, 0.15) is 5.56 Å². The number of rotatable bonds is 3. The number of azo groups is 1. The molecule has 1 aliphatic rings. The SMILES string of the molecule is O=C(O)C(S)C1(c2ccncc2)N=CN=N1. The van der Waals surface area contributed by atoms with Crippen molar-refractivity contribution in [3.8, 4) is 0 Å². The van der Waals surface area contributed by atoms with Crippen molar-refractivity contribution in [3.05, 3.63) is 30.1 Å². The van der Waals surface area contributed by atoms with Crippen LogP contribution in [0, 0.1) is 0 Å². The Balaban J connectivity index is 2.50. The average molecular weight is 236 g/mol. The van der Waals surface area contributed by atoms with E-state index in [1.807, 2.05) is 0 Å². The Kier molecular flexibility index (Phi) is 2.69. The molecule has 2 rings (SSSR count). The number of carboxylic acids is 1. The second-order valence-electron chi connectivity index (χ2n) is 3.16. The number of hydrogen-bond donors (Lipinski definition) is 2. The Labute approximate surface area is 96.6 Å². The van der Waals surface area contributed by atoms with E-state index in [9.17, 15) is 4.79 Å². The predicted molar refractivity (Wildman–Crippen MR) is 59.7 cm³/mol. The molecule has 16 heavy (non-hydrogen) atoms. The summed E-state index contributed by atoms with van der Waals surface area (Å²) in [5.41, 5.74) is -0.680. The largest absolute Gasteiger partial charge is 0.480 e. The minimum atomic E-state index is -1.28. The molecule has 0 saturated heterocycles. The number of nitrogens with zero attached hydrogens (tertiary/aromatic N) is 4. The number of aliphatic imine (C=N–C) groups is 1. The third-order valence-electron chi connectivity index (χ3n) is 2.24. The maximum Gasteiger partial charge on any atom is 0.321 e. The highest BCUT2D eigenvalue weighted by Gasteiger charge is 2.44. The average Bonchev–Trinajstić information content (AvgIpc) is 2.79. The molecule has 0 aliphatic carbocycles. The fourth-order valence-corrected chi connectivity index (χ4v) is 1.71. The van der Waals surface area contributed by atoms with Gasteiger partial charge in [0.2, 0.25) is 5.66 Å². The third-order valence-corrected chi connectivity index (χ3v) is 2.82. The van der Waals surface area contributed by atoms with Gasteiger partial charge < -0.3 is 5.11 Å². The van der Waals surface area contributed by atoms with E-state index >= 15 is 0 Å². The second kappa shape index (κ2) is 4.01. The lowest BCUT2D eigenvalue weighted by atomic mass is 9.98. The summed E-state index contributed by atoms with van der Waals surface area (Å²) in [4.78, 5) is 18.9. The molecular formula is C9H8N4O2S. The van der Waals surface area contributed by atoms with Crippen molar-refractivity contribution >= 4 is 24.9 Å². The van der Waals surface area contributed by atoms with Crippen molar-refractivity contribution in [3.63, 3.8) is 0 Å². The minimum Gasteiger partial charge on any atom is -0.480 e. The van der Waals surface area contributed by atoms with E-state index in [2.05, 4.69) is 32.8 Å². The number of thiol groups is 1. The first-order chi connectivity index (χ1) is 7.67. The zero-order chi connectivity index (χ0) is 11.6. The molecule has 0 amide bonds. The lowest BCUT2D eigenvalue weighted by Gasteiger charge is -2.24. The number of aliphatic carboxylic acids is 1. The highest BCUT2D eigenvalue weighted by atomic mass is 32.1. The number of carbonyl (C=O) groups is 1. The standard InChI is InChI=1S/C9H8N4O2S/c14-8(15)7(16)9(11-5-12-13-9)6-1-3-10-4-2-6/h1-5,7,16H,(H,14,15). The van der Waals surface area contributed by atoms with Gasteiger partial charge in [-0.2, -0.15) is 17.7 Å². The number of pyridine rings is 1. The Morgan fingerprint density at radius 1 is 1.44 bits per heavy atom. The van der Waals surface area contributed by atoms with E-state index in [4.69, 9.17) is 5.11 Å². The van der Waals surface area contributed by atoms with Gasteiger partial charge in [0.1, 0.15) is 6.34 Å². The number of aromatic nitrogens is 1. The molecule has 0 aromatic carbocycles. The summed E-state index contributed by atoms with van der Waals surface area (Å²) in [6, 6.07) is 3.29. The number of hydrogen-bond acceptors (Lipinski definition) is 6. The third kappa shape index (κ3) is 1.58. The van der Waals surface area contributed by atoms with Crippen molar-refractivity contribution < 1.29 is 9.90 Å². The monoisotopic (exact) mass is 236 g/mol. The van der Waals surface area contributed by atoms with E-state index in [0.29, 0.717) is 5.56 Å². The number of carboxylic acid groups (broad SMARTS) is 1. The fraction of sp³-hybridized carbons (Fsp3) is 0.222. The molecule has 1 aliphatic heterocycles. The van der Waals surface area contributed by atoms with Gasteiger partial charge in [-0.15, -0.1) is 5.11 Å². The molecule has 0 radical (unpaired) electrons. The van der Waals surface area contributed by atoms with Gasteiger partial charge in [-0.3, -0.25) is 9.78 Å². The molecule has 1 aromatic rings. The Morgan fingerprint density at radius 3 is 2.62 bits per heavy atom. The lowest BCUT2D eigenvalue weighted by molar-refractivity contribution is -0.137. The molecule has 6 nitrogen and oxygen atoms in total. The molecular weight excluding hydrogens is 228 g/mol. The van der Waals surface area contributed by atoms with Gasteiger partial charge in [-0.05, 0) is 12.1 Å². The molecule has 0 spiro atoms. The second-order valence-corrected chi connectivity index (χ2v) is 3.68. The van der Waals surface area contributed by atoms with E-state index in [1.54, 1.807) is 24.5 Å². The van der Waals surface area contributed by atoms with Crippen LogP contribution in [0.25, 0.3) is 0 Å². The molecule has 7 heteroatoms. The zero-order valence-electron chi connectivity index (χ0n) is 8.06. The van der Waals surface area contributed by atoms with Gasteiger partial charge in [0.15, 0.2) is 5.25 Å². The van der Waals surface area contributed by atoms with Crippen LogP contribution >= 0.6 is 12.6 Å². The van der Waals surface area contributed by atoms with Crippen LogP contribution in [0.5, 0.6) is 0 Å². The van der Waals surface area contributed by atoms with Crippen LogP contribution in [-0.2, 0) is 10.5 Å². The molecule has 0 bridgehead atoms. The van der Waals surface area contributed by atoms with Gasteiger partial charge in [-0.1, -0.05) is 0 Å². The maximum atomic E-state index is 11.0. The van der Waals surface area contributed by atoms with Gasteiger partial charge >= 0.3 is 5.97 Å². The summed E-state index contributed by atoms with van der Waals surface area (Å²) < 4.78 is 0. The first kappa shape index (κ1) is 10.7. The van der Waals surface area contributed by atoms with E-state index < -0.39 is 16.9 Å². The highest BCUT2D eigenvalue weighted by Crippen LogP contribution is 2.36. The smallest absolute Gasteiger partial charge is 0.321 e. The first-order valence-corrected chi connectivity index (χ1v) is 4.95. The first-order valence-electron chi connectivity index (χ1n) is 4.44. The maximum absolute atomic E-state index is 11.0. The molecule has 82 valence electrons. The van der Waals surface area contributed by atoms with Gasteiger partial charge in [0, 0.05) is 18.0 Å². The Bertz CT molecular complexity index is 448. The fourth-order valence-electron chi connectivity index (χ4n) is 1.44. The van der Waals surface area contributed by atoms with Crippen LogP contribution in [0.2, 0.25) is 0 Å². The molecule has 1 N–H and O–H groups in total. The zero-order valence-corrected chi connectivity index (χ0v) is 8.95. The molecule has 2 unspecified atom stereocenters. The quantitative estimate of drug-likeness (QED) is 0.770. The topological polar surface area (TPSA) is 87.3 Å². The van der Waals surface area contributed by atoms with E-state index in [0.717, 1.165) is 0 Å². The summed E-state index contributed by atoms with van der Waals surface area (Å²) in [5.74, 6) is -1.10. The van der Waals surface area contributed by atoms with Crippen LogP contribution in [0.4, 0.5) is 0 Å². The van der Waals surface area contributed by atoms with E-state index in [-0.39, 0.29) is 0 Å². The minimum absolute atomic E-state index is 0.599. The van der Waals surface area contributed by atoms with E-state index in [1.165, 1.54) is 6.34 Å². The summed E-state index contributed by atoms with van der Waals surface area (Å²) in [6.45, 7) is 0. The van der Waals surface area contributed by atoms with Crippen molar-refractivity contribution in [2.24, 2.45) is 15.2 Å².